The van der Waals surface area contributed by atoms with Gasteiger partial charge in [0.1, 0.15) is 5.01 Å². The van der Waals surface area contributed by atoms with E-state index in [0.717, 1.165) is 11.3 Å². The van der Waals surface area contributed by atoms with Crippen molar-refractivity contribution < 1.29 is 14.3 Å². The highest BCUT2D eigenvalue weighted by Gasteiger charge is 2.46. The summed E-state index contributed by atoms with van der Waals surface area (Å²) in [6.07, 6.45) is 4.78. The maximum atomic E-state index is 14.1. The Balaban J connectivity index is 1.84. The van der Waals surface area contributed by atoms with Crippen LogP contribution in [0.2, 0.25) is 0 Å². The Bertz CT molecular complexity index is 1110. The van der Waals surface area contributed by atoms with Gasteiger partial charge in [0, 0.05) is 41.0 Å². The number of carbonyl (C=O) groups excluding carboxylic acids is 2. The van der Waals surface area contributed by atoms with Crippen molar-refractivity contribution in [1.29, 1.82) is 0 Å². The highest BCUT2D eigenvalue weighted by atomic mass is 32.1. The van der Waals surface area contributed by atoms with E-state index in [1.54, 1.807) is 18.5 Å². The van der Waals surface area contributed by atoms with Gasteiger partial charge in [0.25, 0.3) is 0 Å². The first-order chi connectivity index (χ1) is 15.0. The molecule has 3 aromatic rings. The number of ether oxygens (including phenoxy) is 1. The van der Waals surface area contributed by atoms with Crippen LogP contribution in [-0.4, -0.2) is 46.4 Å². The van der Waals surface area contributed by atoms with E-state index in [1.807, 2.05) is 31.2 Å². The van der Waals surface area contributed by atoms with Crippen LogP contribution < -0.4 is 5.32 Å². The summed E-state index contributed by atoms with van der Waals surface area (Å²) in [6.45, 7) is 4.38. The van der Waals surface area contributed by atoms with E-state index in [1.165, 1.54) is 18.4 Å². The minimum atomic E-state index is -0.876. The predicted octanol–water partition coefficient (Wildman–Crippen LogP) is 3.59. The monoisotopic (exact) mass is 436 g/mol. The summed E-state index contributed by atoms with van der Waals surface area (Å²) in [4.78, 5) is 40.3. The number of carbonyl (C=O) groups is 2. The molecule has 0 radical (unpaired) electrons. The molecule has 0 aliphatic carbocycles. The van der Waals surface area contributed by atoms with Crippen LogP contribution in [-0.2, 0) is 10.2 Å². The second-order valence-electron chi connectivity index (χ2n) is 7.77. The summed E-state index contributed by atoms with van der Waals surface area (Å²) in [6, 6.07) is 9.44. The number of rotatable bonds is 5. The number of thiazole rings is 1. The van der Waals surface area contributed by atoms with Crippen LogP contribution in [0.1, 0.15) is 50.5 Å². The molecule has 1 aromatic carbocycles. The zero-order valence-electron chi connectivity index (χ0n) is 17.7. The molecule has 0 unspecified atom stereocenters. The van der Waals surface area contributed by atoms with Crippen molar-refractivity contribution in [1.82, 2.24) is 20.3 Å². The minimum absolute atomic E-state index is 0.0416. The zero-order chi connectivity index (χ0) is 22.0. The number of benzene rings is 1. The molecule has 1 saturated heterocycles. The minimum Gasteiger partial charge on any atom is -0.464 e. The fourth-order valence-corrected chi connectivity index (χ4v) is 5.05. The number of nitrogens with one attached hydrogen (secondary N) is 1. The number of piperidine rings is 1. The molecule has 2 atom stereocenters. The number of nitrogens with zero attached hydrogens (tertiary/aromatic N) is 3. The Labute approximate surface area is 184 Å². The van der Waals surface area contributed by atoms with E-state index in [-0.39, 0.29) is 11.5 Å². The van der Waals surface area contributed by atoms with E-state index in [0.29, 0.717) is 41.0 Å². The highest BCUT2D eigenvalue weighted by molar-refractivity contribution is 7.12. The summed E-state index contributed by atoms with van der Waals surface area (Å²) < 4.78 is 4.88. The van der Waals surface area contributed by atoms with Gasteiger partial charge in [-0.1, -0.05) is 24.3 Å². The Morgan fingerprint density at radius 1 is 1.19 bits per heavy atom. The highest BCUT2D eigenvalue weighted by Crippen LogP contribution is 2.40. The van der Waals surface area contributed by atoms with Crippen molar-refractivity contribution in [3.63, 3.8) is 0 Å². The lowest BCUT2D eigenvalue weighted by Gasteiger charge is -2.37. The quantitative estimate of drug-likeness (QED) is 0.482. The Hall–Kier alpha value is -2.97. The average Bonchev–Trinajstić information content (AvgIpc) is 3.21. The predicted molar refractivity (Wildman–Crippen MR) is 118 cm³/mol. The summed E-state index contributed by atoms with van der Waals surface area (Å²) in [5.41, 5.74) is 0.636. The topological polar surface area (TPSA) is 94.1 Å². The number of methoxy groups -OCH3 is 1. The van der Waals surface area contributed by atoms with Crippen molar-refractivity contribution in [3.8, 4) is 11.4 Å². The smallest absolute Gasteiger partial charge is 0.357 e. The summed E-state index contributed by atoms with van der Waals surface area (Å²) >= 11 is 1.39. The van der Waals surface area contributed by atoms with E-state index in [9.17, 15) is 9.59 Å². The molecule has 1 fully saturated rings. The van der Waals surface area contributed by atoms with Gasteiger partial charge in [0.15, 0.2) is 17.3 Å². The second kappa shape index (κ2) is 8.64. The summed E-state index contributed by atoms with van der Waals surface area (Å²) in [5, 5.41) is 4.09. The number of hydrogen-bond donors (Lipinski definition) is 1. The van der Waals surface area contributed by atoms with Gasteiger partial charge < -0.3 is 10.1 Å². The third kappa shape index (κ3) is 3.88. The van der Waals surface area contributed by atoms with E-state index in [2.05, 4.69) is 27.2 Å². The molecule has 3 heterocycles. The van der Waals surface area contributed by atoms with Gasteiger partial charge in [0.05, 0.1) is 12.5 Å². The second-order valence-corrected chi connectivity index (χ2v) is 8.97. The van der Waals surface area contributed by atoms with Gasteiger partial charge in [-0.05, 0) is 32.8 Å². The number of hydrogen-bond acceptors (Lipinski definition) is 8. The SMILES string of the molecule is COC(=O)c1nc([C@]2(C(=O)c3ccccc3-c3ncccn3)CC[C@@H](C)NC2)sc1C. The van der Waals surface area contributed by atoms with Crippen molar-refractivity contribution in [2.75, 3.05) is 13.7 Å². The third-order valence-electron chi connectivity index (χ3n) is 5.75. The van der Waals surface area contributed by atoms with Gasteiger partial charge in [-0.25, -0.2) is 19.7 Å². The van der Waals surface area contributed by atoms with Crippen molar-refractivity contribution in [3.05, 3.63) is 63.9 Å². The molecule has 7 nitrogen and oxygen atoms in total. The molecule has 0 amide bonds. The molecule has 0 spiro atoms. The van der Waals surface area contributed by atoms with Crippen LogP contribution >= 0.6 is 11.3 Å². The largest absolute Gasteiger partial charge is 0.464 e. The lowest BCUT2D eigenvalue weighted by Crippen LogP contribution is -2.52. The fourth-order valence-electron chi connectivity index (χ4n) is 3.93. The molecule has 0 bridgehead atoms. The van der Waals surface area contributed by atoms with E-state index >= 15 is 0 Å². The fraction of sp³-hybridized carbons (Fsp3) is 0.348. The number of esters is 1. The Morgan fingerprint density at radius 2 is 1.94 bits per heavy atom. The molecule has 0 saturated carbocycles. The first-order valence-corrected chi connectivity index (χ1v) is 11.0. The van der Waals surface area contributed by atoms with Crippen LogP contribution in [0.4, 0.5) is 0 Å². The van der Waals surface area contributed by atoms with Gasteiger partial charge in [-0.2, -0.15) is 0 Å². The summed E-state index contributed by atoms with van der Waals surface area (Å²) in [5.74, 6) is -0.0257. The molecule has 8 heteroatoms. The molecule has 1 aliphatic rings. The first kappa shape index (κ1) is 21.3. The molecule has 1 aliphatic heterocycles. The molecular formula is C23H24N4O3S. The molecule has 4 rings (SSSR count). The maximum Gasteiger partial charge on any atom is 0.357 e. The van der Waals surface area contributed by atoms with Crippen LogP contribution in [0.5, 0.6) is 0 Å². The van der Waals surface area contributed by atoms with Crippen LogP contribution in [0, 0.1) is 6.92 Å². The molecule has 2 aromatic heterocycles. The number of ketones is 1. The lowest BCUT2D eigenvalue weighted by atomic mass is 9.73. The molecule has 1 N–H and O–H groups in total. The standard InChI is InChI=1S/C23H24N4O3S/c1-14-9-10-23(13-26-14,22-27-18(15(2)31-22)21(29)30-3)19(28)16-7-4-5-8-17(16)20-24-11-6-12-25-20/h4-8,11-12,14,26H,9-10,13H2,1-3H3/t14-,23-/m1/s1. The Morgan fingerprint density at radius 3 is 2.61 bits per heavy atom. The first-order valence-electron chi connectivity index (χ1n) is 10.2. The molecule has 31 heavy (non-hydrogen) atoms. The van der Waals surface area contributed by atoms with Crippen molar-refractivity contribution in [2.24, 2.45) is 0 Å². The van der Waals surface area contributed by atoms with Crippen molar-refractivity contribution in [2.45, 2.75) is 38.1 Å². The molecular weight excluding hydrogens is 412 g/mol. The molecule has 160 valence electrons. The van der Waals surface area contributed by atoms with E-state index in [4.69, 9.17) is 4.74 Å². The van der Waals surface area contributed by atoms with Crippen molar-refractivity contribution >= 4 is 23.1 Å². The van der Waals surface area contributed by atoms with Crippen LogP contribution in [0.3, 0.4) is 0 Å². The third-order valence-corrected chi connectivity index (χ3v) is 6.93. The average molecular weight is 437 g/mol. The van der Waals surface area contributed by atoms with Gasteiger partial charge in [-0.3, -0.25) is 4.79 Å². The number of Topliss-reactive ketones (excluding diaryl/α,β-unsaturated/α-hetero) is 1. The van der Waals surface area contributed by atoms with Gasteiger partial charge in [-0.15, -0.1) is 11.3 Å². The van der Waals surface area contributed by atoms with E-state index < -0.39 is 11.4 Å². The van der Waals surface area contributed by atoms with Crippen LogP contribution in [0.15, 0.2) is 42.7 Å². The lowest BCUT2D eigenvalue weighted by molar-refractivity contribution is 0.0592. The zero-order valence-corrected chi connectivity index (χ0v) is 18.5. The van der Waals surface area contributed by atoms with Gasteiger partial charge >= 0.3 is 5.97 Å². The summed E-state index contributed by atoms with van der Waals surface area (Å²) in [7, 11) is 1.33. The number of aryl methyl sites for hydroxylation is 1. The maximum absolute atomic E-state index is 14.1. The Kier molecular flexibility index (Phi) is 5.93. The normalized spacial score (nSPS) is 20.9. The van der Waals surface area contributed by atoms with Crippen LogP contribution in [0.25, 0.3) is 11.4 Å². The van der Waals surface area contributed by atoms with Gasteiger partial charge in [0.2, 0.25) is 0 Å². The number of aromatic nitrogens is 3.